The van der Waals surface area contributed by atoms with Gasteiger partial charge >= 0.3 is 0 Å². The first-order chi connectivity index (χ1) is 11.0. The number of nitrogens with zero attached hydrogens (tertiary/aromatic N) is 4. The molecule has 1 fully saturated rings. The van der Waals surface area contributed by atoms with Crippen LogP contribution in [0.1, 0.15) is 39.3 Å². The van der Waals surface area contributed by atoms with Crippen LogP contribution in [0.2, 0.25) is 0 Å². The Morgan fingerprint density at radius 1 is 1.35 bits per heavy atom. The molecule has 23 heavy (non-hydrogen) atoms. The van der Waals surface area contributed by atoms with Gasteiger partial charge in [-0.2, -0.15) is 0 Å². The molecule has 0 saturated carbocycles. The minimum absolute atomic E-state index is 0.0416. The summed E-state index contributed by atoms with van der Waals surface area (Å²) in [6.45, 7) is 5.39. The predicted octanol–water partition coefficient (Wildman–Crippen LogP) is 2.86. The zero-order chi connectivity index (χ0) is 16.4. The van der Waals surface area contributed by atoms with Crippen molar-refractivity contribution < 1.29 is 4.79 Å². The second-order valence-corrected chi connectivity index (χ2v) is 8.54. The maximum atomic E-state index is 12.1. The highest BCUT2D eigenvalue weighted by Crippen LogP contribution is 2.37. The van der Waals surface area contributed by atoms with Crippen molar-refractivity contribution in [1.29, 1.82) is 0 Å². The second kappa shape index (κ2) is 6.67. The fourth-order valence-electron chi connectivity index (χ4n) is 2.83. The molecule has 0 radical (unpaired) electrons. The van der Waals surface area contributed by atoms with Crippen molar-refractivity contribution in [2.75, 3.05) is 27.2 Å². The summed E-state index contributed by atoms with van der Waals surface area (Å²) in [4.78, 5) is 26.9. The van der Waals surface area contributed by atoms with Crippen molar-refractivity contribution in [3.8, 4) is 0 Å². The van der Waals surface area contributed by atoms with E-state index in [9.17, 15) is 4.79 Å². The Morgan fingerprint density at radius 2 is 2.09 bits per heavy atom. The van der Waals surface area contributed by atoms with Crippen LogP contribution in [-0.4, -0.2) is 52.9 Å². The van der Waals surface area contributed by atoms with Crippen LogP contribution in [0.4, 0.5) is 0 Å². The SMILES string of the molecule is CN(C)C(=O)c1cnc(C2(C)CCN(Cc3cncs3)CC2)s1. The molecule has 2 aromatic heterocycles. The third kappa shape index (κ3) is 3.62. The summed E-state index contributed by atoms with van der Waals surface area (Å²) in [5.41, 5.74) is 1.97. The highest BCUT2D eigenvalue weighted by Gasteiger charge is 2.35. The molecule has 0 N–H and O–H groups in total. The van der Waals surface area contributed by atoms with Gasteiger partial charge in [0.25, 0.3) is 5.91 Å². The van der Waals surface area contributed by atoms with E-state index < -0.39 is 0 Å². The maximum absolute atomic E-state index is 12.1. The minimum Gasteiger partial charge on any atom is -0.344 e. The van der Waals surface area contributed by atoms with Crippen molar-refractivity contribution >= 4 is 28.6 Å². The van der Waals surface area contributed by atoms with E-state index in [1.807, 2.05) is 11.7 Å². The van der Waals surface area contributed by atoms with E-state index in [1.54, 1.807) is 47.9 Å². The number of likely N-dealkylation sites (tertiary alicyclic amines) is 1. The lowest BCUT2D eigenvalue weighted by molar-refractivity contribution is 0.0832. The van der Waals surface area contributed by atoms with E-state index >= 15 is 0 Å². The molecule has 3 heterocycles. The normalized spacial score (nSPS) is 18.0. The molecule has 0 spiro atoms. The molecule has 0 unspecified atom stereocenters. The largest absolute Gasteiger partial charge is 0.344 e. The molecule has 1 aliphatic heterocycles. The van der Waals surface area contributed by atoms with Gasteiger partial charge < -0.3 is 4.90 Å². The Labute approximate surface area is 145 Å². The topological polar surface area (TPSA) is 49.3 Å². The standard InChI is InChI=1S/C16H22N4OS2/c1-16(15-18-9-13(23-15)14(21)19(2)3)4-6-20(7-5-16)10-12-8-17-11-22-12/h8-9,11H,4-7,10H2,1-3H3. The van der Waals surface area contributed by atoms with Crippen LogP contribution in [0.3, 0.4) is 0 Å². The third-order valence-corrected chi connectivity index (χ3v) is 6.52. The quantitative estimate of drug-likeness (QED) is 0.851. The molecular formula is C16H22N4OS2. The van der Waals surface area contributed by atoms with Gasteiger partial charge in [0, 0.05) is 37.1 Å². The molecular weight excluding hydrogens is 328 g/mol. The smallest absolute Gasteiger partial charge is 0.265 e. The Kier molecular flexibility index (Phi) is 4.79. The minimum atomic E-state index is 0.0416. The van der Waals surface area contributed by atoms with E-state index in [-0.39, 0.29) is 11.3 Å². The highest BCUT2D eigenvalue weighted by molar-refractivity contribution is 7.13. The molecule has 124 valence electrons. The second-order valence-electron chi connectivity index (χ2n) is 6.53. The summed E-state index contributed by atoms with van der Waals surface area (Å²) < 4.78 is 0. The van der Waals surface area contributed by atoms with Crippen LogP contribution in [0.5, 0.6) is 0 Å². The van der Waals surface area contributed by atoms with Crippen LogP contribution in [0, 0.1) is 0 Å². The molecule has 1 amide bonds. The Hall–Kier alpha value is -1.31. The van der Waals surface area contributed by atoms with E-state index in [4.69, 9.17) is 0 Å². The molecule has 0 bridgehead atoms. The molecule has 0 aliphatic carbocycles. The number of amides is 1. The lowest BCUT2D eigenvalue weighted by Gasteiger charge is -2.37. The molecule has 1 saturated heterocycles. The molecule has 3 rings (SSSR count). The Morgan fingerprint density at radius 3 is 2.70 bits per heavy atom. The first-order valence-corrected chi connectivity index (χ1v) is 9.45. The molecule has 5 nitrogen and oxygen atoms in total. The Bertz CT molecular complexity index is 657. The summed E-state index contributed by atoms with van der Waals surface area (Å²) in [5, 5.41) is 1.10. The van der Waals surface area contributed by atoms with Crippen LogP contribution in [0.15, 0.2) is 17.9 Å². The lowest BCUT2D eigenvalue weighted by atomic mass is 9.81. The number of thiazole rings is 2. The molecule has 0 atom stereocenters. The van der Waals surface area contributed by atoms with Gasteiger partial charge in [-0.1, -0.05) is 6.92 Å². The maximum Gasteiger partial charge on any atom is 0.265 e. The van der Waals surface area contributed by atoms with E-state index in [2.05, 4.69) is 21.8 Å². The van der Waals surface area contributed by atoms with Gasteiger partial charge in [0.05, 0.1) is 16.7 Å². The van der Waals surface area contributed by atoms with Crippen molar-refractivity contribution in [3.05, 3.63) is 32.7 Å². The fraction of sp³-hybridized carbons (Fsp3) is 0.562. The predicted molar refractivity (Wildman–Crippen MR) is 94.1 cm³/mol. The Balaban J connectivity index is 1.64. The number of hydrogen-bond acceptors (Lipinski definition) is 6. The zero-order valence-electron chi connectivity index (χ0n) is 13.8. The number of piperidine rings is 1. The number of rotatable bonds is 4. The number of aromatic nitrogens is 2. The van der Waals surface area contributed by atoms with Crippen LogP contribution < -0.4 is 0 Å². The van der Waals surface area contributed by atoms with E-state index in [0.29, 0.717) is 0 Å². The van der Waals surface area contributed by atoms with Crippen molar-refractivity contribution in [1.82, 2.24) is 19.8 Å². The van der Waals surface area contributed by atoms with Gasteiger partial charge in [-0.05, 0) is 25.9 Å². The molecule has 0 aromatic carbocycles. The van der Waals surface area contributed by atoms with Gasteiger partial charge in [0.2, 0.25) is 0 Å². The van der Waals surface area contributed by atoms with Crippen molar-refractivity contribution in [2.24, 2.45) is 0 Å². The van der Waals surface area contributed by atoms with Gasteiger partial charge in [0.1, 0.15) is 4.88 Å². The van der Waals surface area contributed by atoms with Crippen LogP contribution >= 0.6 is 22.7 Å². The van der Waals surface area contributed by atoms with Crippen molar-refractivity contribution in [3.63, 3.8) is 0 Å². The van der Waals surface area contributed by atoms with E-state index in [1.165, 1.54) is 4.88 Å². The van der Waals surface area contributed by atoms with Crippen LogP contribution in [0.25, 0.3) is 0 Å². The summed E-state index contributed by atoms with van der Waals surface area (Å²) in [5.74, 6) is 0.0416. The summed E-state index contributed by atoms with van der Waals surface area (Å²) in [7, 11) is 3.56. The first-order valence-electron chi connectivity index (χ1n) is 7.76. The summed E-state index contributed by atoms with van der Waals surface area (Å²) in [6, 6.07) is 0. The fourth-order valence-corrected chi connectivity index (χ4v) is 4.61. The summed E-state index contributed by atoms with van der Waals surface area (Å²) >= 11 is 3.27. The number of hydrogen-bond donors (Lipinski definition) is 0. The highest BCUT2D eigenvalue weighted by atomic mass is 32.1. The van der Waals surface area contributed by atoms with Crippen molar-refractivity contribution in [2.45, 2.75) is 31.7 Å². The summed E-state index contributed by atoms with van der Waals surface area (Å²) in [6.07, 6.45) is 5.85. The number of carbonyl (C=O) groups excluding carboxylic acids is 1. The first kappa shape index (κ1) is 16.5. The van der Waals surface area contributed by atoms with Crippen LogP contribution in [-0.2, 0) is 12.0 Å². The average molecular weight is 351 g/mol. The number of carbonyl (C=O) groups is 1. The van der Waals surface area contributed by atoms with Gasteiger partial charge in [0.15, 0.2) is 0 Å². The van der Waals surface area contributed by atoms with Gasteiger partial charge in [-0.15, -0.1) is 22.7 Å². The molecule has 2 aromatic rings. The molecule has 7 heteroatoms. The van der Waals surface area contributed by atoms with Gasteiger partial charge in [-0.3, -0.25) is 14.7 Å². The van der Waals surface area contributed by atoms with E-state index in [0.717, 1.165) is 42.4 Å². The monoisotopic (exact) mass is 350 g/mol. The lowest BCUT2D eigenvalue weighted by Crippen LogP contribution is -2.40. The molecule has 1 aliphatic rings. The van der Waals surface area contributed by atoms with Gasteiger partial charge in [-0.25, -0.2) is 4.98 Å². The average Bonchev–Trinajstić information content (AvgIpc) is 3.20. The zero-order valence-corrected chi connectivity index (χ0v) is 15.4. The third-order valence-electron chi connectivity index (χ3n) is 4.46.